The Morgan fingerprint density at radius 3 is 2.75 bits per heavy atom. The first-order chi connectivity index (χ1) is 15.1. The maximum absolute atomic E-state index is 13.8. The molecule has 7 nitrogen and oxygen atoms in total. The summed E-state index contributed by atoms with van der Waals surface area (Å²) >= 11 is 0. The molecule has 0 bridgehead atoms. The molecule has 5 rings (SSSR count). The van der Waals surface area contributed by atoms with E-state index in [9.17, 15) is 13.6 Å². The second kappa shape index (κ2) is 7.30. The lowest BCUT2D eigenvalue weighted by Crippen LogP contribution is -2.40. The summed E-state index contributed by atoms with van der Waals surface area (Å²) in [5, 5.41) is 3.07. The van der Waals surface area contributed by atoms with Crippen molar-refractivity contribution in [2.24, 2.45) is 11.7 Å². The van der Waals surface area contributed by atoms with Gasteiger partial charge >= 0.3 is 6.29 Å². The van der Waals surface area contributed by atoms with Crippen LogP contribution >= 0.6 is 0 Å². The fourth-order valence-corrected chi connectivity index (χ4v) is 4.51. The normalized spacial score (nSPS) is 24.5. The Balaban J connectivity index is 1.61. The number of aromatic nitrogens is 1. The highest BCUT2D eigenvalue weighted by Gasteiger charge is 2.45. The minimum Gasteiger partial charge on any atom is -0.395 e. The van der Waals surface area contributed by atoms with E-state index in [1.807, 2.05) is 18.7 Å². The van der Waals surface area contributed by atoms with Crippen LogP contribution < -0.4 is 25.4 Å². The molecule has 32 heavy (non-hydrogen) atoms. The average Bonchev–Trinajstić information content (AvgIpc) is 3.44. The van der Waals surface area contributed by atoms with Crippen molar-refractivity contribution in [3.05, 3.63) is 36.2 Å². The van der Waals surface area contributed by atoms with Crippen LogP contribution in [0.3, 0.4) is 0 Å². The fraction of sp³-hybridized carbons (Fsp3) is 0.478. The number of fused-ring (bicyclic) bond motifs is 1. The number of anilines is 1. The molecule has 3 aliphatic rings. The van der Waals surface area contributed by atoms with E-state index in [-0.39, 0.29) is 23.4 Å². The van der Waals surface area contributed by atoms with Gasteiger partial charge in [-0.1, -0.05) is 12.1 Å². The highest BCUT2D eigenvalue weighted by molar-refractivity contribution is 6.04. The number of carbonyl (C=O) groups is 1. The first-order valence-electron chi connectivity index (χ1n) is 10.9. The molecule has 9 heteroatoms. The topological polar surface area (TPSA) is 89.7 Å². The lowest BCUT2D eigenvalue weighted by molar-refractivity contribution is -0.286. The number of ether oxygens (including phenoxy) is 2. The Morgan fingerprint density at radius 2 is 2.06 bits per heavy atom. The number of nitrogens with two attached hydrogens (primary N) is 1. The molecule has 1 saturated carbocycles. The number of hydrogen-bond acceptors (Lipinski definition) is 6. The van der Waals surface area contributed by atoms with Crippen LogP contribution in [0.2, 0.25) is 0 Å². The molecule has 1 aromatic heterocycles. The molecule has 0 radical (unpaired) electrons. The third kappa shape index (κ3) is 3.85. The zero-order chi connectivity index (χ0) is 22.7. The van der Waals surface area contributed by atoms with Gasteiger partial charge in [0.1, 0.15) is 0 Å². The zero-order valence-electron chi connectivity index (χ0n) is 18.0. The number of nitrogens with one attached hydrogen (secondary N) is 1. The smallest absolute Gasteiger partial charge is 0.395 e. The summed E-state index contributed by atoms with van der Waals surface area (Å²) in [5.74, 6) is 0.122. The van der Waals surface area contributed by atoms with Gasteiger partial charge in [0.2, 0.25) is 0 Å². The van der Waals surface area contributed by atoms with Crippen LogP contribution in [0.1, 0.15) is 43.5 Å². The number of alkyl halides is 2. The third-order valence-electron chi connectivity index (χ3n) is 6.39. The molecule has 3 heterocycles. The van der Waals surface area contributed by atoms with Crippen LogP contribution in [-0.4, -0.2) is 41.9 Å². The second-order valence-electron chi connectivity index (χ2n) is 9.31. The molecule has 2 aliphatic heterocycles. The first kappa shape index (κ1) is 20.9. The van der Waals surface area contributed by atoms with Gasteiger partial charge < -0.3 is 25.4 Å². The number of amides is 1. The van der Waals surface area contributed by atoms with Gasteiger partial charge in [0.25, 0.3) is 5.91 Å². The molecule has 1 aliphatic carbocycles. The van der Waals surface area contributed by atoms with E-state index in [1.54, 1.807) is 18.3 Å². The SMILES string of the molecule is CC(NC(=O)c1cncc(-c2cccc3c2OC(F)(F)O3)c1N1CC[C@](C)(N)C1)C1CC1. The fourth-order valence-electron chi connectivity index (χ4n) is 4.51. The van der Waals surface area contributed by atoms with Crippen molar-refractivity contribution in [3.8, 4) is 22.6 Å². The summed E-state index contributed by atoms with van der Waals surface area (Å²) in [6.07, 6.45) is 2.29. The summed E-state index contributed by atoms with van der Waals surface area (Å²) in [7, 11) is 0. The highest BCUT2D eigenvalue weighted by atomic mass is 19.3. The predicted molar refractivity (Wildman–Crippen MR) is 115 cm³/mol. The Labute approximate surface area is 184 Å². The maximum atomic E-state index is 13.8. The third-order valence-corrected chi connectivity index (χ3v) is 6.39. The van der Waals surface area contributed by atoms with E-state index < -0.39 is 11.8 Å². The summed E-state index contributed by atoms with van der Waals surface area (Å²) < 4.78 is 37.1. The van der Waals surface area contributed by atoms with Crippen LogP contribution in [0.15, 0.2) is 30.6 Å². The minimum atomic E-state index is -3.75. The molecule has 0 spiro atoms. The van der Waals surface area contributed by atoms with Crippen LogP contribution in [0.25, 0.3) is 11.1 Å². The molecule has 1 saturated heterocycles. The molecule has 1 aromatic carbocycles. The number of benzene rings is 1. The second-order valence-corrected chi connectivity index (χ2v) is 9.31. The first-order valence-corrected chi connectivity index (χ1v) is 10.9. The van der Waals surface area contributed by atoms with E-state index >= 15 is 0 Å². The molecule has 2 fully saturated rings. The van der Waals surface area contributed by atoms with Gasteiger partial charge in [0.15, 0.2) is 11.5 Å². The summed E-state index contributed by atoms with van der Waals surface area (Å²) in [6.45, 7) is 5.10. The van der Waals surface area contributed by atoms with Gasteiger partial charge in [0, 0.05) is 48.2 Å². The van der Waals surface area contributed by atoms with Gasteiger partial charge in [-0.3, -0.25) is 9.78 Å². The number of para-hydroxylation sites is 1. The summed E-state index contributed by atoms with van der Waals surface area (Å²) in [5.41, 5.74) is 7.85. The van der Waals surface area contributed by atoms with Crippen LogP contribution in [0, 0.1) is 5.92 Å². The molecule has 1 amide bonds. The Bertz CT molecular complexity index is 1070. The van der Waals surface area contributed by atoms with Gasteiger partial charge in [-0.05, 0) is 45.1 Å². The van der Waals surface area contributed by atoms with Gasteiger partial charge in [-0.25, -0.2) is 0 Å². The van der Waals surface area contributed by atoms with E-state index in [0.29, 0.717) is 41.4 Å². The number of hydrogen-bond donors (Lipinski definition) is 2. The Kier molecular flexibility index (Phi) is 4.77. The van der Waals surface area contributed by atoms with Crippen molar-refractivity contribution in [2.75, 3.05) is 18.0 Å². The monoisotopic (exact) mass is 444 g/mol. The summed E-state index contributed by atoms with van der Waals surface area (Å²) in [6, 6.07) is 4.75. The van der Waals surface area contributed by atoms with Crippen molar-refractivity contribution >= 4 is 11.6 Å². The standard InChI is InChI=1S/C23H26F2N4O3/c1-13(14-6-7-14)28-21(30)17-11-27-10-16(19(17)29-9-8-22(2,26)12-29)15-4-3-5-18-20(15)32-23(24,25)31-18/h3-5,10-11,13-14H,6-9,12,26H2,1-2H3,(H,28,30)/t13?,22-/m0/s1. The van der Waals surface area contributed by atoms with Crippen molar-refractivity contribution in [2.45, 2.75) is 51.0 Å². The van der Waals surface area contributed by atoms with Crippen molar-refractivity contribution in [3.63, 3.8) is 0 Å². The van der Waals surface area contributed by atoms with Gasteiger partial charge in [-0.15, -0.1) is 8.78 Å². The number of halogens is 2. The summed E-state index contributed by atoms with van der Waals surface area (Å²) in [4.78, 5) is 19.6. The lowest BCUT2D eigenvalue weighted by atomic mass is 9.99. The molecule has 2 aromatic rings. The minimum absolute atomic E-state index is 0.0498. The highest BCUT2D eigenvalue weighted by Crippen LogP contribution is 2.49. The van der Waals surface area contributed by atoms with Crippen molar-refractivity contribution in [1.82, 2.24) is 10.3 Å². The van der Waals surface area contributed by atoms with Crippen molar-refractivity contribution in [1.29, 1.82) is 0 Å². The van der Waals surface area contributed by atoms with E-state index in [0.717, 1.165) is 19.3 Å². The average molecular weight is 444 g/mol. The van der Waals surface area contributed by atoms with Crippen LogP contribution in [0.4, 0.5) is 14.5 Å². The molecule has 2 atom stereocenters. The van der Waals surface area contributed by atoms with E-state index in [2.05, 4.69) is 15.0 Å². The molecule has 1 unspecified atom stereocenters. The quantitative estimate of drug-likeness (QED) is 0.734. The van der Waals surface area contributed by atoms with E-state index in [1.165, 1.54) is 12.3 Å². The Hall–Kier alpha value is -2.94. The van der Waals surface area contributed by atoms with Crippen LogP contribution in [-0.2, 0) is 0 Å². The molecule has 170 valence electrons. The molecule has 3 N–H and O–H groups in total. The lowest BCUT2D eigenvalue weighted by Gasteiger charge is -2.27. The number of rotatable bonds is 5. The Morgan fingerprint density at radius 1 is 1.28 bits per heavy atom. The number of pyridine rings is 1. The maximum Gasteiger partial charge on any atom is 0.586 e. The number of nitrogens with zero attached hydrogens (tertiary/aromatic N) is 2. The van der Waals surface area contributed by atoms with Crippen molar-refractivity contribution < 1.29 is 23.0 Å². The molecular weight excluding hydrogens is 418 g/mol. The molecular formula is C23H26F2N4O3. The van der Waals surface area contributed by atoms with Crippen LogP contribution in [0.5, 0.6) is 11.5 Å². The van der Waals surface area contributed by atoms with Gasteiger partial charge in [0.05, 0.1) is 11.3 Å². The number of carbonyl (C=O) groups excluding carboxylic acids is 1. The van der Waals surface area contributed by atoms with Gasteiger partial charge in [-0.2, -0.15) is 0 Å². The van der Waals surface area contributed by atoms with E-state index in [4.69, 9.17) is 10.5 Å². The largest absolute Gasteiger partial charge is 0.586 e. The predicted octanol–water partition coefficient (Wildman–Crippen LogP) is 3.53. The zero-order valence-corrected chi connectivity index (χ0v) is 18.0.